The van der Waals surface area contributed by atoms with Gasteiger partial charge in [-0.1, -0.05) is 6.92 Å². The van der Waals surface area contributed by atoms with E-state index < -0.39 is 0 Å². The van der Waals surface area contributed by atoms with Crippen molar-refractivity contribution < 1.29 is 4.79 Å². The molecule has 1 amide bonds. The van der Waals surface area contributed by atoms with Crippen LogP contribution < -0.4 is 5.32 Å². The molecule has 1 aliphatic rings. The van der Waals surface area contributed by atoms with Crippen LogP contribution in [0.25, 0.3) is 0 Å². The minimum Gasteiger partial charge on any atom is -0.295 e. The fourth-order valence-corrected chi connectivity index (χ4v) is 2.25. The Morgan fingerprint density at radius 3 is 2.82 bits per heavy atom. The standard InChI is InChI=1S/C13H19N3O/c1-3-6-12(17)16-13-14-9(2)10-7-4-5-8-11(10)15-13/h3-8H2,1-2H3,(H,14,15,16,17). The number of hydrogen-bond acceptors (Lipinski definition) is 3. The van der Waals surface area contributed by atoms with Crippen LogP contribution in [0, 0.1) is 6.92 Å². The molecule has 4 nitrogen and oxygen atoms in total. The molecule has 0 spiro atoms. The molecule has 17 heavy (non-hydrogen) atoms. The third-order valence-electron chi connectivity index (χ3n) is 3.12. The van der Waals surface area contributed by atoms with E-state index in [1.54, 1.807) is 0 Å². The Morgan fingerprint density at radius 2 is 2.06 bits per heavy atom. The predicted octanol–water partition coefficient (Wildman–Crippen LogP) is 2.40. The van der Waals surface area contributed by atoms with Gasteiger partial charge in [-0.15, -0.1) is 0 Å². The lowest BCUT2D eigenvalue weighted by molar-refractivity contribution is -0.116. The number of aryl methyl sites for hydroxylation is 2. The molecule has 1 N–H and O–H groups in total. The average Bonchev–Trinajstić information content (AvgIpc) is 2.29. The van der Waals surface area contributed by atoms with Gasteiger partial charge in [0.1, 0.15) is 0 Å². The molecule has 1 heterocycles. The summed E-state index contributed by atoms with van der Waals surface area (Å²) in [5.41, 5.74) is 3.42. The van der Waals surface area contributed by atoms with E-state index in [1.165, 1.54) is 18.4 Å². The van der Waals surface area contributed by atoms with Crippen molar-refractivity contribution in [1.29, 1.82) is 0 Å². The minimum absolute atomic E-state index is 0.00246. The van der Waals surface area contributed by atoms with Crippen LogP contribution >= 0.6 is 0 Å². The Labute approximate surface area is 102 Å². The molecule has 0 unspecified atom stereocenters. The SMILES string of the molecule is CCCC(=O)Nc1nc(C)c2c(n1)CCCC2. The molecular formula is C13H19N3O. The maximum atomic E-state index is 11.5. The maximum absolute atomic E-state index is 11.5. The molecule has 0 radical (unpaired) electrons. The van der Waals surface area contributed by atoms with Crippen LogP contribution in [0.3, 0.4) is 0 Å². The molecule has 0 saturated carbocycles. The highest BCUT2D eigenvalue weighted by Gasteiger charge is 2.16. The molecule has 0 saturated heterocycles. The van der Waals surface area contributed by atoms with Gasteiger partial charge in [-0.05, 0) is 44.6 Å². The fraction of sp³-hybridized carbons (Fsp3) is 0.615. The van der Waals surface area contributed by atoms with E-state index in [-0.39, 0.29) is 5.91 Å². The highest BCUT2D eigenvalue weighted by molar-refractivity contribution is 5.88. The van der Waals surface area contributed by atoms with Gasteiger partial charge in [0.25, 0.3) is 0 Å². The van der Waals surface area contributed by atoms with Crippen LogP contribution in [-0.2, 0) is 17.6 Å². The maximum Gasteiger partial charge on any atom is 0.229 e. The van der Waals surface area contributed by atoms with Crippen LogP contribution in [0.15, 0.2) is 0 Å². The van der Waals surface area contributed by atoms with E-state index in [1.807, 2.05) is 13.8 Å². The van der Waals surface area contributed by atoms with Crippen molar-refractivity contribution >= 4 is 11.9 Å². The van der Waals surface area contributed by atoms with Gasteiger partial charge >= 0.3 is 0 Å². The summed E-state index contributed by atoms with van der Waals surface area (Å²) < 4.78 is 0. The van der Waals surface area contributed by atoms with Gasteiger partial charge in [0, 0.05) is 17.8 Å². The van der Waals surface area contributed by atoms with Gasteiger partial charge in [0.05, 0.1) is 0 Å². The molecule has 0 atom stereocenters. The topological polar surface area (TPSA) is 54.9 Å². The highest BCUT2D eigenvalue weighted by Crippen LogP contribution is 2.22. The van der Waals surface area contributed by atoms with Gasteiger partial charge in [-0.25, -0.2) is 9.97 Å². The smallest absolute Gasteiger partial charge is 0.229 e. The Kier molecular flexibility index (Phi) is 3.71. The van der Waals surface area contributed by atoms with Crippen molar-refractivity contribution in [3.63, 3.8) is 0 Å². The van der Waals surface area contributed by atoms with E-state index >= 15 is 0 Å². The number of fused-ring (bicyclic) bond motifs is 1. The molecule has 1 aromatic rings. The molecular weight excluding hydrogens is 214 g/mol. The Hall–Kier alpha value is -1.45. The first kappa shape index (κ1) is 12.0. The average molecular weight is 233 g/mol. The number of nitrogens with zero attached hydrogens (tertiary/aromatic N) is 2. The first-order valence-corrected chi connectivity index (χ1v) is 6.37. The summed E-state index contributed by atoms with van der Waals surface area (Å²) in [6.07, 6.45) is 5.86. The zero-order valence-electron chi connectivity index (χ0n) is 10.5. The molecule has 0 fully saturated rings. The number of amides is 1. The lowest BCUT2D eigenvalue weighted by Crippen LogP contribution is -2.17. The number of hydrogen-bond donors (Lipinski definition) is 1. The van der Waals surface area contributed by atoms with E-state index in [2.05, 4.69) is 15.3 Å². The predicted molar refractivity (Wildman–Crippen MR) is 66.9 cm³/mol. The number of nitrogens with one attached hydrogen (secondary N) is 1. The third kappa shape index (κ3) is 2.81. The summed E-state index contributed by atoms with van der Waals surface area (Å²) in [7, 11) is 0. The van der Waals surface area contributed by atoms with E-state index in [9.17, 15) is 4.79 Å². The second-order valence-electron chi connectivity index (χ2n) is 4.56. The largest absolute Gasteiger partial charge is 0.295 e. The first-order chi connectivity index (χ1) is 8.20. The van der Waals surface area contributed by atoms with Gasteiger partial charge in [-0.3, -0.25) is 10.1 Å². The highest BCUT2D eigenvalue weighted by atomic mass is 16.1. The summed E-state index contributed by atoms with van der Waals surface area (Å²) in [6, 6.07) is 0. The van der Waals surface area contributed by atoms with E-state index in [0.29, 0.717) is 12.4 Å². The van der Waals surface area contributed by atoms with Gasteiger partial charge in [0.2, 0.25) is 11.9 Å². The zero-order chi connectivity index (χ0) is 12.3. The second-order valence-corrected chi connectivity index (χ2v) is 4.56. The number of aromatic nitrogens is 2. The fourth-order valence-electron chi connectivity index (χ4n) is 2.25. The molecule has 2 rings (SSSR count). The van der Waals surface area contributed by atoms with Crippen LogP contribution in [0.4, 0.5) is 5.95 Å². The van der Waals surface area contributed by atoms with Crippen LogP contribution in [0.1, 0.15) is 49.6 Å². The molecule has 1 aliphatic carbocycles. The van der Waals surface area contributed by atoms with Crippen molar-refractivity contribution in [2.24, 2.45) is 0 Å². The number of carbonyl (C=O) groups excluding carboxylic acids is 1. The summed E-state index contributed by atoms with van der Waals surface area (Å²) >= 11 is 0. The molecule has 1 aromatic heterocycles. The van der Waals surface area contributed by atoms with E-state index in [4.69, 9.17) is 0 Å². The molecule has 0 aromatic carbocycles. The zero-order valence-corrected chi connectivity index (χ0v) is 10.5. The summed E-state index contributed by atoms with van der Waals surface area (Å²) in [4.78, 5) is 20.3. The third-order valence-corrected chi connectivity index (χ3v) is 3.12. The lowest BCUT2D eigenvalue weighted by Gasteiger charge is -2.17. The lowest BCUT2D eigenvalue weighted by atomic mass is 9.95. The molecule has 4 heteroatoms. The minimum atomic E-state index is 0.00246. The number of anilines is 1. The molecule has 0 aliphatic heterocycles. The molecule has 92 valence electrons. The van der Waals surface area contributed by atoms with Gasteiger partial charge in [0.15, 0.2) is 0 Å². The number of carbonyl (C=O) groups is 1. The van der Waals surface area contributed by atoms with Crippen molar-refractivity contribution in [2.75, 3.05) is 5.32 Å². The Bertz CT molecular complexity index is 429. The van der Waals surface area contributed by atoms with Gasteiger partial charge in [-0.2, -0.15) is 0 Å². The summed E-state index contributed by atoms with van der Waals surface area (Å²) in [6.45, 7) is 3.99. The second kappa shape index (κ2) is 5.25. The first-order valence-electron chi connectivity index (χ1n) is 6.37. The van der Waals surface area contributed by atoms with Crippen LogP contribution in [0.5, 0.6) is 0 Å². The molecule has 0 bridgehead atoms. The quantitative estimate of drug-likeness (QED) is 0.872. The summed E-state index contributed by atoms with van der Waals surface area (Å²) in [5, 5.41) is 2.77. The van der Waals surface area contributed by atoms with Crippen molar-refractivity contribution in [3.05, 3.63) is 17.0 Å². The normalized spacial score (nSPS) is 14.2. The van der Waals surface area contributed by atoms with Gasteiger partial charge < -0.3 is 0 Å². The van der Waals surface area contributed by atoms with Crippen LogP contribution in [-0.4, -0.2) is 15.9 Å². The Balaban J connectivity index is 2.19. The Morgan fingerprint density at radius 1 is 1.29 bits per heavy atom. The number of rotatable bonds is 3. The van der Waals surface area contributed by atoms with Crippen LogP contribution in [0.2, 0.25) is 0 Å². The van der Waals surface area contributed by atoms with Crippen molar-refractivity contribution in [2.45, 2.75) is 52.4 Å². The van der Waals surface area contributed by atoms with Crippen molar-refractivity contribution in [3.8, 4) is 0 Å². The van der Waals surface area contributed by atoms with Crippen molar-refractivity contribution in [1.82, 2.24) is 9.97 Å². The monoisotopic (exact) mass is 233 g/mol. The van der Waals surface area contributed by atoms with E-state index in [0.717, 1.165) is 30.7 Å². The summed E-state index contributed by atoms with van der Waals surface area (Å²) in [5.74, 6) is 0.476.